The molecule has 100 valence electrons. The van der Waals surface area contributed by atoms with Gasteiger partial charge in [-0.15, -0.1) is 12.4 Å². The molecule has 2 rings (SSSR count). The molecule has 1 amide bonds. The summed E-state index contributed by atoms with van der Waals surface area (Å²) >= 11 is 0. The van der Waals surface area contributed by atoms with E-state index in [1.807, 2.05) is 38.1 Å². The van der Waals surface area contributed by atoms with E-state index in [9.17, 15) is 4.79 Å². The Morgan fingerprint density at radius 2 is 2.17 bits per heavy atom. The van der Waals surface area contributed by atoms with Gasteiger partial charge in [0.1, 0.15) is 12.4 Å². The lowest BCUT2D eigenvalue weighted by molar-refractivity contribution is -0.129. The summed E-state index contributed by atoms with van der Waals surface area (Å²) in [5.74, 6) is 0.814. The van der Waals surface area contributed by atoms with Crippen LogP contribution in [0.25, 0.3) is 0 Å². The zero-order valence-corrected chi connectivity index (χ0v) is 11.4. The molecule has 1 aromatic carbocycles. The Bertz CT molecular complexity index is 435. The number of halogens is 1. The van der Waals surface area contributed by atoms with Crippen molar-refractivity contribution >= 4 is 18.3 Å². The fraction of sp³-hybridized carbons (Fsp3) is 0.462. The summed E-state index contributed by atoms with van der Waals surface area (Å²) in [6.07, 6.45) is 0. The standard InChI is InChI=1S/C13H18N2O2.ClH/c1-13(2,8-14)12(16)15-10-7-17-11-6-4-3-5-9(10)11;/h3-6,10H,7-8,14H2,1-2H3,(H,15,16);1H. The zero-order valence-electron chi connectivity index (χ0n) is 10.6. The number of carbonyl (C=O) groups is 1. The van der Waals surface area contributed by atoms with E-state index < -0.39 is 5.41 Å². The lowest BCUT2D eigenvalue weighted by atomic mass is 9.92. The highest BCUT2D eigenvalue weighted by Gasteiger charge is 2.31. The van der Waals surface area contributed by atoms with E-state index >= 15 is 0 Å². The van der Waals surface area contributed by atoms with Crippen molar-refractivity contribution in [3.05, 3.63) is 29.8 Å². The number of amides is 1. The third-order valence-corrected chi connectivity index (χ3v) is 3.13. The molecule has 0 aliphatic carbocycles. The van der Waals surface area contributed by atoms with E-state index in [1.54, 1.807) is 0 Å². The largest absolute Gasteiger partial charge is 0.491 e. The number of carbonyl (C=O) groups excluding carboxylic acids is 1. The Hall–Kier alpha value is -1.26. The summed E-state index contributed by atoms with van der Waals surface area (Å²) < 4.78 is 5.51. The lowest BCUT2D eigenvalue weighted by Gasteiger charge is -2.23. The molecule has 0 spiro atoms. The van der Waals surface area contributed by atoms with Crippen molar-refractivity contribution in [1.82, 2.24) is 5.32 Å². The van der Waals surface area contributed by atoms with E-state index in [2.05, 4.69) is 5.32 Å². The third kappa shape index (κ3) is 2.76. The average molecular weight is 271 g/mol. The number of fused-ring (bicyclic) bond motifs is 1. The normalized spacial score (nSPS) is 17.4. The molecule has 5 heteroatoms. The molecule has 3 N–H and O–H groups in total. The van der Waals surface area contributed by atoms with Crippen LogP contribution in [0, 0.1) is 5.41 Å². The summed E-state index contributed by atoms with van der Waals surface area (Å²) in [5.41, 5.74) is 6.08. The predicted molar refractivity (Wildman–Crippen MR) is 72.9 cm³/mol. The number of hydrogen-bond donors (Lipinski definition) is 2. The van der Waals surface area contributed by atoms with Crippen LogP contribution in [0.4, 0.5) is 0 Å². The van der Waals surface area contributed by atoms with Crippen molar-refractivity contribution in [3.8, 4) is 5.75 Å². The molecule has 0 radical (unpaired) electrons. The minimum absolute atomic E-state index is 0. The first-order valence-corrected chi connectivity index (χ1v) is 5.77. The van der Waals surface area contributed by atoms with Crippen LogP contribution in [0.1, 0.15) is 25.5 Å². The smallest absolute Gasteiger partial charge is 0.227 e. The molecule has 0 saturated heterocycles. The van der Waals surface area contributed by atoms with Gasteiger partial charge in [-0.25, -0.2) is 0 Å². The number of nitrogens with one attached hydrogen (secondary N) is 1. The van der Waals surface area contributed by atoms with Gasteiger partial charge in [-0.1, -0.05) is 18.2 Å². The van der Waals surface area contributed by atoms with Crippen molar-refractivity contribution in [2.45, 2.75) is 19.9 Å². The molecule has 0 saturated carbocycles. The van der Waals surface area contributed by atoms with E-state index in [-0.39, 0.29) is 24.4 Å². The quantitative estimate of drug-likeness (QED) is 0.878. The van der Waals surface area contributed by atoms with Crippen molar-refractivity contribution in [3.63, 3.8) is 0 Å². The van der Waals surface area contributed by atoms with Gasteiger partial charge in [0.2, 0.25) is 5.91 Å². The minimum atomic E-state index is -0.544. The summed E-state index contributed by atoms with van der Waals surface area (Å²) in [6, 6.07) is 7.69. The third-order valence-electron chi connectivity index (χ3n) is 3.13. The van der Waals surface area contributed by atoms with Gasteiger partial charge in [-0.05, 0) is 19.9 Å². The zero-order chi connectivity index (χ0) is 12.5. The van der Waals surface area contributed by atoms with Crippen LogP contribution in [0.3, 0.4) is 0 Å². The average Bonchev–Trinajstić information content (AvgIpc) is 2.73. The van der Waals surface area contributed by atoms with Crippen LogP contribution in [0.2, 0.25) is 0 Å². The Morgan fingerprint density at radius 3 is 2.83 bits per heavy atom. The van der Waals surface area contributed by atoms with Gasteiger partial charge < -0.3 is 15.8 Å². The number of rotatable bonds is 3. The molecule has 18 heavy (non-hydrogen) atoms. The van der Waals surface area contributed by atoms with Crippen LogP contribution >= 0.6 is 12.4 Å². The van der Waals surface area contributed by atoms with E-state index in [1.165, 1.54) is 0 Å². The van der Waals surface area contributed by atoms with Crippen LogP contribution in [-0.2, 0) is 4.79 Å². The SMILES string of the molecule is CC(C)(CN)C(=O)NC1COc2ccccc21.Cl. The number of para-hydroxylation sites is 1. The maximum Gasteiger partial charge on any atom is 0.227 e. The molecule has 1 aromatic rings. The summed E-state index contributed by atoms with van der Waals surface area (Å²) in [4.78, 5) is 12.0. The summed E-state index contributed by atoms with van der Waals surface area (Å²) in [5, 5.41) is 2.98. The first-order valence-electron chi connectivity index (χ1n) is 5.77. The van der Waals surface area contributed by atoms with Crippen molar-refractivity contribution in [1.29, 1.82) is 0 Å². The topological polar surface area (TPSA) is 64.4 Å². The Balaban J connectivity index is 0.00000162. The number of benzene rings is 1. The summed E-state index contributed by atoms with van der Waals surface area (Å²) in [6.45, 7) is 4.49. The summed E-state index contributed by atoms with van der Waals surface area (Å²) in [7, 11) is 0. The second-order valence-electron chi connectivity index (χ2n) is 4.96. The number of nitrogens with two attached hydrogens (primary N) is 1. The molecule has 1 atom stereocenters. The molecule has 1 aliphatic heterocycles. The van der Waals surface area contributed by atoms with Gasteiger partial charge in [0, 0.05) is 12.1 Å². The first kappa shape index (κ1) is 14.8. The molecule has 0 aromatic heterocycles. The lowest BCUT2D eigenvalue weighted by Crippen LogP contribution is -2.43. The highest BCUT2D eigenvalue weighted by atomic mass is 35.5. The van der Waals surface area contributed by atoms with Gasteiger partial charge in [0.15, 0.2) is 0 Å². The highest BCUT2D eigenvalue weighted by Crippen LogP contribution is 2.32. The monoisotopic (exact) mass is 270 g/mol. The maximum atomic E-state index is 12.0. The number of ether oxygens (including phenoxy) is 1. The molecular weight excluding hydrogens is 252 g/mol. The van der Waals surface area contributed by atoms with Crippen molar-refractivity contribution < 1.29 is 9.53 Å². The van der Waals surface area contributed by atoms with E-state index in [4.69, 9.17) is 10.5 Å². The first-order chi connectivity index (χ1) is 8.04. The van der Waals surface area contributed by atoms with Crippen molar-refractivity contribution in [2.75, 3.05) is 13.2 Å². The van der Waals surface area contributed by atoms with Gasteiger partial charge in [0.25, 0.3) is 0 Å². The molecule has 4 nitrogen and oxygen atoms in total. The second-order valence-corrected chi connectivity index (χ2v) is 4.96. The minimum Gasteiger partial charge on any atom is -0.491 e. The molecule has 0 bridgehead atoms. The maximum absolute atomic E-state index is 12.0. The Morgan fingerprint density at radius 1 is 1.50 bits per heavy atom. The van der Waals surface area contributed by atoms with Crippen molar-refractivity contribution in [2.24, 2.45) is 11.1 Å². The fourth-order valence-corrected chi connectivity index (χ4v) is 1.73. The van der Waals surface area contributed by atoms with Crippen LogP contribution in [0.15, 0.2) is 24.3 Å². The second kappa shape index (κ2) is 5.59. The van der Waals surface area contributed by atoms with Gasteiger partial charge in [0.05, 0.1) is 11.5 Å². The van der Waals surface area contributed by atoms with Crippen LogP contribution in [-0.4, -0.2) is 19.1 Å². The highest BCUT2D eigenvalue weighted by molar-refractivity contribution is 5.85. The van der Waals surface area contributed by atoms with Crippen LogP contribution in [0.5, 0.6) is 5.75 Å². The molecule has 1 unspecified atom stereocenters. The Kier molecular flexibility index (Phi) is 4.59. The van der Waals surface area contributed by atoms with Crippen LogP contribution < -0.4 is 15.8 Å². The molecule has 0 fully saturated rings. The van der Waals surface area contributed by atoms with E-state index in [0.29, 0.717) is 13.2 Å². The fourth-order valence-electron chi connectivity index (χ4n) is 1.73. The molecule has 1 heterocycles. The Labute approximate surface area is 113 Å². The van der Waals surface area contributed by atoms with Gasteiger partial charge in [-0.3, -0.25) is 4.79 Å². The van der Waals surface area contributed by atoms with E-state index in [0.717, 1.165) is 11.3 Å². The predicted octanol–water partition coefficient (Wildman–Crippen LogP) is 1.64. The molecule has 1 aliphatic rings. The molecular formula is C13H19ClN2O2. The van der Waals surface area contributed by atoms with Gasteiger partial charge in [-0.2, -0.15) is 0 Å². The number of hydrogen-bond acceptors (Lipinski definition) is 3. The van der Waals surface area contributed by atoms with Gasteiger partial charge >= 0.3 is 0 Å².